The maximum Gasteiger partial charge on any atom is 0.336 e. The Morgan fingerprint density at radius 2 is 1.10 bits per heavy atom. The van der Waals surface area contributed by atoms with Gasteiger partial charge in [-0.25, -0.2) is 14.4 Å². The quantitative estimate of drug-likeness (QED) is 0.374. The van der Waals surface area contributed by atoms with Crippen LogP contribution in [0.4, 0.5) is 4.79 Å². The van der Waals surface area contributed by atoms with Gasteiger partial charge in [-0.15, -0.1) is 0 Å². The second-order valence-electron chi connectivity index (χ2n) is 5.82. The molecule has 0 atom stereocenters. The summed E-state index contributed by atoms with van der Waals surface area (Å²) in [6.07, 6.45) is 0. The molecule has 2 rings (SSSR count). The van der Waals surface area contributed by atoms with Crippen molar-refractivity contribution >= 4 is 29.8 Å². The number of carbonyl (C=O) groups is 5. The molecule has 0 radical (unpaired) electrons. The molecule has 0 aliphatic carbocycles. The van der Waals surface area contributed by atoms with Crippen LogP contribution in [-0.4, -0.2) is 40.0 Å². The summed E-state index contributed by atoms with van der Waals surface area (Å²) >= 11 is 0. The van der Waals surface area contributed by atoms with E-state index in [9.17, 15) is 34.2 Å². The molecule has 0 aliphatic rings. The lowest BCUT2D eigenvalue weighted by molar-refractivity contribution is 0.0683. The van der Waals surface area contributed by atoms with Crippen LogP contribution in [0.3, 0.4) is 0 Å². The first-order valence-electron chi connectivity index (χ1n) is 7.94. The molecule has 0 heterocycles. The van der Waals surface area contributed by atoms with Crippen LogP contribution in [0.1, 0.15) is 58.6 Å². The van der Waals surface area contributed by atoms with E-state index in [1.54, 1.807) is 0 Å². The van der Waals surface area contributed by atoms with Crippen molar-refractivity contribution in [1.82, 2.24) is 5.32 Å². The summed E-state index contributed by atoms with van der Waals surface area (Å²) in [4.78, 5) is 58.6. The van der Waals surface area contributed by atoms with Crippen LogP contribution in [0.2, 0.25) is 0 Å². The van der Waals surface area contributed by atoms with Crippen LogP contribution in [0.15, 0.2) is 36.4 Å². The van der Waals surface area contributed by atoms with E-state index in [1.807, 2.05) is 0 Å². The molecule has 11 nitrogen and oxygen atoms in total. The van der Waals surface area contributed by atoms with Gasteiger partial charge < -0.3 is 32.7 Å². The van der Waals surface area contributed by atoms with E-state index in [0.717, 1.165) is 12.1 Å². The number of benzene rings is 2. The number of primary amides is 3. The summed E-state index contributed by atoms with van der Waals surface area (Å²) in [5.74, 6) is -5.17. The van der Waals surface area contributed by atoms with Crippen LogP contribution in [0, 0.1) is 0 Å². The molecule has 29 heavy (non-hydrogen) atoms. The molecule has 0 unspecified atom stereocenters. The molecule has 0 fully saturated rings. The van der Waals surface area contributed by atoms with Crippen LogP contribution in [0.25, 0.3) is 0 Å². The normalized spacial score (nSPS) is 10.4. The number of rotatable bonds is 7. The van der Waals surface area contributed by atoms with Crippen molar-refractivity contribution in [2.75, 3.05) is 0 Å². The molecule has 9 N–H and O–H groups in total. The zero-order chi connectivity index (χ0) is 21.9. The van der Waals surface area contributed by atoms with E-state index < -0.39 is 58.1 Å². The van der Waals surface area contributed by atoms with Crippen LogP contribution < -0.4 is 22.5 Å². The van der Waals surface area contributed by atoms with Crippen molar-refractivity contribution in [2.24, 2.45) is 17.2 Å². The predicted molar refractivity (Wildman–Crippen MR) is 98.4 cm³/mol. The Bertz CT molecular complexity index is 973. The summed E-state index contributed by atoms with van der Waals surface area (Å²) in [5, 5.41) is 21.0. The summed E-state index contributed by atoms with van der Waals surface area (Å²) in [6, 6.07) is 4.89. The summed E-state index contributed by atoms with van der Waals surface area (Å²) in [7, 11) is 0. The average Bonchev–Trinajstić information content (AvgIpc) is 2.64. The molecule has 0 saturated heterocycles. The number of nitrogens with two attached hydrogens (primary N) is 3. The monoisotopic (exact) mass is 400 g/mol. The first-order valence-corrected chi connectivity index (χ1v) is 7.94. The number of amides is 4. The number of nitrogens with one attached hydrogen (secondary N) is 1. The smallest absolute Gasteiger partial charge is 0.336 e. The van der Waals surface area contributed by atoms with Crippen LogP contribution in [0.5, 0.6) is 0 Å². The Morgan fingerprint density at radius 3 is 1.38 bits per heavy atom. The highest BCUT2D eigenvalue weighted by molar-refractivity contribution is 6.07. The number of aromatic carboxylic acids is 2. The molecule has 0 saturated carbocycles. The lowest BCUT2D eigenvalue weighted by atomic mass is 9.87. The minimum atomic E-state index is -1.46. The van der Waals surface area contributed by atoms with Gasteiger partial charge in [0.2, 0.25) is 11.8 Å². The van der Waals surface area contributed by atoms with E-state index in [-0.39, 0.29) is 11.1 Å². The number of urea groups is 1. The Hall–Kier alpha value is -4.41. The van der Waals surface area contributed by atoms with E-state index in [2.05, 4.69) is 5.32 Å². The standard InChI is InChI=1S/C18H16N4O7/c19-14(23)11-7(3-1-5-9(11)16(25)26)13(22-18(21)29)8-4-2-6-10(17(27)28)12(8)15(20)24/h1-6,13H,(H2,19,23)(H2,20,24)(H,25,26)(H,27,28)(H3,21,22,29). The molecule has 0 aliphatic heterocycles. The number of hydrogen-bond donors (Lipinski definition) is 6. The summed E-state index contributed by atoms with van der Waals surface area (Å²) in [5.41, 5.74) is 13.9. The Balaban J connectivity index is 2.92. The molecule has 11 heteroatoms. The van der Waals surface area contributed by atoms with Crippen molar-refractivity contribution in [3.05, 3.63) is 69.8 Å². The summed E-state index contributed by atoms with van der Waals surface area (Å²) < 4.78 is 0. The second kappa shape index (κ2) is 8.08. The fraction of sp³-hybridized carbons (Fsp3) is 0.0556. The van der Waals surface area contributed by atoms with Gasteiger partial charge in [0.05, 0.1) is 28.3 Å². The van der Waals surface area contributed by atoms with Crippen molar-refractivity contribution < 1.29 is 34.2 Å². The molecule has 150 valence electrons. The highest BCUT2D eigenvalue weighted by Gasteiger charge is 2.30. The van der Waals surface area contributed by atoms with Crippen molar-refractivity contribution in [1.29, 1.82) is 0 Å². The topological polar surface area (TPSA) is 216 Å². The molecule has 2 aromatic carbocycles. The van der Waals surface area contributed by atoms with E-state index in [0.29, 0.717) is 0 Å². The van der Waals surface area contributed by atoms with Crippen LogP contribution in [-0.2, 0) is 0 Å². The molecule has 4 amide bonds. The van der Waals surface area contributed by atoms with Gasteiger partial charge in [0.1, 0.15) is 0 Å². The maximum absolute atomic E-state index is 12.0. The molecule has 0 aromatic heterocycles. The largest absolute Gasteiger partial charge is 0.478 e. The van der Waals surface area contributed by atoms with Gasteiger partial charge in [-0.2, -0.15) is 0 Å². The second-order valence-corrected chi connectivity index (χ2v) is 5.82. The fourth-order valence-corrected chi connectivity index (χ4v) is 2.99. The highest BCUT2D eigenvalue weighted by atomic mass is 16.4. The zero-order valence-corrected chi connectivity index (χ0v) is 14.7. The van der Waals surface area contributed by atoms with Gasteiger partial charge in [0, 0.05) is 0 Å². The average molecular weight is 400 g/mol. The van der Waals surface area contributed by atoms with Gasteiger partial charge in [0.15, 0.2) is 0 Å². The van der Waals surface area contributed by atoms with E-state index in [1.165, 1.54) is 24.3 Å². The first kappa shape index (κ1) is 20.9. The predicted octanol–water partition coefficient (Wildman–Crippen LogP) is 0.0385. The third-order valence-corrected chi connectivity index (χ3v) is 4.06. The van der Waals surface area contributed by atoms with Gasteiger partial charge in [-0.05, 0) is 23.3 Å². The van der Waals surface area contributed by atoms with Crippen molar-refractivity contribution in [2.45, 2.75) is 6.04 Å². The number of carboxylic acids is 2. The lowest BCUT2D eigenvalue weighted by Crippen LogP contribution is -2.37. The fourth-order valence-electron chi connectivity index (χ4n) is 2.99. The zero-order valence-electron chi connectivity index (χ0n) is 14.7. The van der Waals surface area contributed by atoms with Crippen molar-refractivity contribution in [3.63, 3.8) is 0 Å². The Morgan fingerprint density at radius 1 is 0.724 bits per heavy atom. The van der Waals surface area contributed by atoms with Crippen molar-refractivity contribution in [3.8, 4) is 0 Å². The lowest BCUT2D eigenvalue weighted by Gasteiger charge is -2.24. The first-order chi connectivity index (χ1) is 13.6. The number of carboxylic acid groups (broad SMARTS) is 2. The van der Waals surface area contributed by atoms with Gasteiger partial charge in [-0.3, -0.25) is 9.59 Å². The molecule has 0 bridgehead atoms. The van der Waals surface area contributed by atoms with Crippen LogP contribution >= 0.6 is 0 Å². The highest BCUT2D eigenvalue weighted by Crippen LogP contribution is 2.31. The SMILES string of the molecule is NC(=O)NC(c1cccc(C(=O)O)c1C(N)=O)c1cccc(C(=O)O)c1C(N)=O. The third-order valence-electron chi connectivity index (χ3n) is 4.06. The van der Waals surface area contributed by atoms with Gasteiger partial charge in [0.25, 0.3) is 0 Å². The molecular weight excluding hydrogens is 384 g/mol. The minimum absolute atomic E-state index is 0.110. The number of carbonyl (C=O) groups excluding carboxylic acids is 3. The van der Waals surface area contributed by atoms with Gasteiger partial charge in [-0.1, -0.05) is 24.3 Å². The van der Waals surface area contributed by atoms with Gasteiger partial charge >= 0.3 is 18.0 Å². The van der Waals surface area contributed by atoms with E-state index >= 15 is 0 Å². The van der Waals surface area contributed by atoms with E-state index in [4.69, 9.17) is 17.2 Å². The minimum Gasteiger partial charge on any atom is -0.478 e. The molecular formula is C18H16N4O7. The molecule has 0 spiro atoms. The third kappa shape index (κ3) is 4.13. The summed E-state index contributed by atoms with van der Waals surface area (Å²) in [6.45, 7) is 0. The molecule has 2 aromatic rings. The number of hydrogen-bond acceptors (Lipinski definition) is 5. The Kier molecular flexibility index (Phi) is 5.82. The maximum atomic E-state index is 12.0. The Labute approximate surface area is 163 Å².